The van der Waals surface area contributed by atoms with Gasteiger partial charge in [0.2, 0.25) is 5.91 Å². The average Bonchev–Trinajstić information content (AvgIpc) is 2.59. The van der Waals surface area contributed by atoms with Gasteiger partial charge in [0.1, 0.15) is 18.2 Å². The van der Waals surface area contributed by atoms with Gasteiger partial charge in [-0.1, -0.05) is 19.1 Å². The van der Waals surface area contributed by atoms with Crippen molar-refractivity contribution in [2.24, 2.45) is 10.1 Å². The fourth-order valence-corrected chi connectivity index (χ4v) is 4.67. The van der Waals surface area contributed by atoms with E-state index in [9.17, 15) is 13.2 Å². The van der Waals surface area contributed by atoms with Gasteiger partial charge < -0.3 is 15.4 Å². The number of hydrogen-bond acceptors (Lipinski definition) is 5. The smallest absolute Gasteiger partial charge is 0.259 e. The Kier molecular flexibility index (Phi) is 5.50. The van der Waals surface area contributed by atoms with Crippen molar-refractivity contribution in [1.29, 1.82) is 0 Å². The van der Waals surface area contributed by atoms with E-state index in [4.69, 9.17) is 10.5 Å². The topological polar surface area (TPSA) is 102 Å². The molecule has 0 spiro atoms. The summed E-state index contributed by atoms with van der Waals surface area (Å²) in [4.78, 5) is 14.3. The number of rotatable bonds is 5. The minimum absolute atomic E-state index is 0.0316. The predicted octanol–water partition coefficient (Wildman–Crippen LogP) is 1.80. The van der Waals surface area contributed by atoms with Crippen molar-refractivity contribution < 1.29 is 17.9 Å². The zero-order valence-electron chi connectivity index (χ0n) is 15.0. The fraction of sp³-hybridized carbons (Fsp3) is 0.556. The van der Waals surface area contributed by atoms with Crippen LogP contribution < -0.4 is 10.5 Å². The van der Waals surface area contributed by atoms with Crippen LogP contribution in [0.3, 0.4) is 0 Å². The first-order valence-corrected chi connectivity index (χ1v) is 10.6. The maximum atomic E-state index is 12.3. The Bertz CT molecular complexity index is 820. The van der Waals surface area contributed by atoms with Gasteiger partial charge in [-0.15, -0.1) is 4.40 Å². The summed E-state index contributed by atoms with van der Waals surface area (Å²) in [6.45, 7) is 3.13. The van der Waals surface area contributed by atoms with E-state index in [1.165, 1.54) is 0 Å². The minimum Gasteiger partial charge on any atom is -0.491 e. The third-order valence-corrected chi connectivity index (χ3v) is 5.94. The Morgan fingerprint density at radius 1 is 1.38 bits per heavy atom. The quantitative estimate of drug-likeness (QED) is 0.840. The molecular formula is C18H25N3O4S. The van der Waals surface area contributed by atoms with E-state index in [2.05, 4.69) is 4.40 Å². The maximum absolute atomic E-state index is 12.3. The van der Waals surface area contributed by atoms with Gasteiger partial charge in [-0.25, -0.2) is 8.42 Å². The van der Waals surface area contributed by atoms with Crippen molar-refractivity contribution >= 4 is 21.8 Å². The van der Waals surface area contributed by atoms with Gasteiger partial charge in [-0.2, -0.15) is 0 Å². The molecule has 1 atom stereocenters. The van der Waals surface area contributed by atoms with Crippen molar-refractivity contribution in [1.82, 2.24) is 4.90 Å². The Balaban J connectivity index is 1.77. The van der Waals surface area contributed by atoms with Crippen molar-refractivity contribution in [2.75, 3.05) is 13.2 Å². The third kappa shape index (κ3) is 4.00. The monoisotopic (exact) mass is 379 g/mol. The average molecular weight is 379 g/mol. The fourth-order valence-electron chi connectivity index (χ4n) is 3.58. The van der Waals surface area contributed by atoms with Crippen LogP contribution in [0.2, 0.25) is 0 Å². The van der Waals surface area contributed by atoms with Gasteiger partial charge in [0.05, 0.1) is 17.4 Å². The lowest BCUT2D eigenvalue weighted by Crippen LogP contribution is -2.46. The molecule has 0 saturated carbocycles. The van der Waals surface area contributed by atoms with E-state index in [0.717, 1.165) is 32.2 Å². The number of hydrogen-bond donors (Lipinski definition) is 1. The van der Waals surface area contributed by atoms with Crippen LogP contribution in [0.5, 0.6) is 5.75 Å². The molecule has 2 aliphatic rings. The Hall–Kier alpha value is -2.09. The number of likely N-dealkylation sites (tertiary alicyclic amines) is 1. The molecule has 1 amide bonds. The van der Waals surface area contributed by atoms with Crippen LogP contribution >= 0.6 is 0 Å². The largest absolute Gasteiger partial charge is 0.491 e. The molecule has 0 radical (unpaired) electrons. The van der Waals surface area contributed by atoms with E-state index in [1.807, 2.05) is 11.8 Å². The summed E-state index contributed by atoms with van der Waals surface area (Å²) in [7, 11) is -3.57. The Labute approximate surface area is 154 Å². The number of amides is 1. The van der Waals surface area contributed by atoms with Crippen molar-refractivity contribution in [2.45, 2.75) is 50.8 Å². The summed E-state index contributed by atoms with van der Waals surface area (Å²) in [5.74, 6) is 0.477. The molecule has 2 aliphatic heterocycles. The number of piperidine rings is 1. The highest BCUT2D eigenvalue weighted by molar-refractivity contribution is 7.89. The number of carbonyl (C=O) groups is 1. The summed E-state index contributed by atoms with van der Waals surface area (Å²) >= 11 is 0. The second-order valence-corrected chi connectivity index (χ2v) is 8.43. The van der Waals surface area contributed by atoms with Crippen molar-refractivity contribution in [3.05, 3.63) is 29.3 Å². The van der Waals surface area contributed by atoms with E-state index in [1.54, 1.807) is 18.2 Å². The number of fused-ring (bicyclic) bond motifs is 1. The van der Waals surface area contributed by atoms with Crippen LogP contribution in [-0.4, -0.2) is 44.3 Å². The second-order valence-electron chi connectivity index (χ2n) is 6.79. The summed E-state index contributed by atoms with van der Waals surface area (Å²) in [5, 5.41) is 0. The third-order valence-electron chi connectivity index (χ3n) is 4.79. The number of sulfonamides is 1. The number of ether oxygens (including phenoxy) is 1. The van der Waals surface area contributed by atoms with Gasteiger partial charge in [0.15, 0.2) is 0 Å². The van der Waals surface area contributed by atoms with Crippen LogP contribution in [0.4, 0.5) is 0 Å². The van der Waals surface area contributed by atoms with Crippen LogP contribution in [0.1, 0.15) is 50.2 Å². The molecule has 1 fully saturated rings. The lowest BCUT2D eigenvalue weighted by Gasteiger charge is -2.36. The maximum Gasteiger partial charge on any atom is 0.259 e. The minimum atomic E-state index is -3.57. The molecule has 7 nitrogen and oxygen atoms in total. The van der Waals surface area contributed by atoms with Gasteiger partial charge in [0.25, 0.3) is 10.0 Å². The molecular weight excluding hydrogens is 354 g/mol. The molecule has 26 heavy (non-hydrogen) atoms. The van der Waals surface area contributed by atoms with Gasteiger partial charge in [-0.05, 0) is 37.3 Å². The normalized spacial score (nSPS) is 21.7. The van der Waals surface area contributed by atoms with Gasteiger partial charge >= 0.3 is 0 Å². The van der Waals surface area contributed by atoms with E-state index >= 15 is 0 Å². The zero-order chi connectivity index (χ0) is 18.7. The van der Waals surface area contributed by atoms with Crippen LogP contribution in [0, 0.1) is 0 Å². The Morgan fingerprint density at radius 3 is 2.96 bits per heavy atom. The summed E-state index contributed by atoms with van der Waals surface area (Å²) in [6, 6.07) is 5.27. The Morgan fingerprint density at radius 2 is 2.19 bits per heavy atom. The first-order chi connectivity index (χ1) is 12.4. The molecule has 0 bridgehead atoms. The van der Waals surface area contributed by atoms with Gasteiger partial charge in [-0.3, -0.25) is 4.79 Å². The van der Waals surface area contributed by atoms with E-state index in [0.29, 0.717) is 29.9 Å². The molecule has 1 saturated heterocycles. The van der Waals surface area contributed by atoms with Crippen LogP contribution in [0.25, 0.3) is 0 Å². The number of nitrogens with two attached hydrogens (primary N) is 1. The van der Waals surface area contributed by atoms with Crippen molar-refractivity contribution in [3.63, 3.8) is 0 Å². The highest BCUT2D eigenvalue weighted by Gasteiger charge is 2.28. The predicted molar refractivity (Wildman–Crippen MR) is 99.5 cm³/mol. The molecule has 0 unspecified atom stereocenters. The molecule has 2 N–H and O–H groups in total. The van der Waals surface area contributed by atoms with Gasteiger partial charge in [0, 0.05) is 13.0 Å². The number of nitrogens with zero attached hydrogens (tertiary/aromatic N) is 2. The van der Waals surface area contributed by atoms with E-state index in [-0.39, 0.29) is 23.5 Å². The summed E-state index contributed by atoms with van der Waals surface area (Å²) in [5.41, 5.74) is 7.01. The number of amidine groups is 1. The van der Waals surface area contributed by atoms with Crippen LogP contribution in [0.15, 0.2) is 22.6 Å². The molecule has 1 aromatic rings. The lowest BCUT2D eigenvalue weighted by molar-refractivity contribution is -0.135. The molecule has 3 rings (SSSR count). The van der Waals surface area contributed by atoms with Crippen molar-refractivity contribution in [3.8, 4) is 5.75 Å². The standard InChI is InChI=1S/C18H25N3O4S/c1-2-6-16(22)21-10-4-3-8-14(21)11-25-15-9-5-7-13-12-26(23,24)20-18(19)17(13)15/h5,7,9,14H,2-4,6,8,10-12H2,1H3,(H2,19,20)/t14-/m1/s1. The van der Waals surface area contributed by atoms with Crippen LogP contribution in [-0.2, 0) is 20.6 Å². The molecule has 0 aliphatic carbocycles. The SMILES string of the molecule is CCCC(=O)N1CCCC[C@@H]1COc1cccc2c1C(N)=NS(=O)(=O)C2. The summed E-state index contributed by atoms with van der Waals surface area (Å²) < 4.78 is 33.1. The molecule has 2 heterocycles. The molecule has 0 aromatic heterocycles. The number of carbonyl (C=O) groups excluding carboxylic acids is 1. The highest BCUT2D eigenvalue weighted by Crippen LogP contribution is 2.29. The molecule has 8 heteroatoms. The summed E-state index contributed by atoms with van der Waals surface area (Å²) in [6.07, 6.45) is 4.37. The zero-order valence-corrected chi connectivity index (χ0v) is 15.8. The lowest BCUT2D eigenvalue weighted by atomic mass is 10.0. The highest BCUT2D eigenvalue weighted by atomic mass is 32.2. The second kappa shape index (κ2) is 7.65. The molecule has 142 valence electrons. The number of benzene rings is 1. The molecule has 1 aromatic carbocycles. The van der Waals surface area contributed by atoms with E-state index < -0.39 is 10.0 Å². The first-order valence-electron chi connectivity index (χ1n) is 9.04. The first kappa shape index (κ1) is 18.7.